The number of benzene rings is 1. The van der Waals surface area contributed by atoms with Crippen LogP contribution in [-0.4, -0.2) is 15.8 Å². The molecule has 0 amide bonds. The Morgan fingerprint density at radius 3 is 2.96 bits per heavy atom. The molecule has 0 bridgehead atoms. The molecule has 23 heavy (non-hydrogen) atoms. The fourth-order valence-electron chi connectivity index (χ4n) is 5.49. The minimum absolute atomic E-state index is 0.189. The second kappa shape index (κ2) is 4.85. The molecule has 4 rings (SSSR count). The fraction of sp³-hybridized carbons (Fsp3) is 0.550. The number of fused-ring (bicyclic) bond motifs is 5. The molecule has 4 atom stereocenters. The van der Waals surface area contributed by atoms with Crippen molar-refractivity contribution in [1.82, 2.24) is 0 Å². The zero-order valence-corrected chi connectivity index (χ0v) is 13.5. The largest absolute Gasteiger partial charge is 0.508 e. The Bertz CT molecular complexity index is 732. The van der Waals surface area contributed by atoms with E-state index in [0.717, 1.165) is 32.1 Å². The molecule has 3 aliphatic rings. The van der Waals surface area contributed by atoms with E-state index < -0.39 is 5.60 Å². The van der Waals surface area contributed by atoms with Crippen molar-refractivity contribution >= 4 is 5.57 Å². The number of aryl methyl sites for hydroxylation is 1. The van der Waals surface area contributed by atoms with Crippen LogP contribution in [0.2, 0.25) is 0 Å². The van der Waals surface area contributed by atoms with E-state index in [0.29, 0.717) is 17.6 Å². The third-order valence-corrected chi connectivity index (χ3v) is 6.88. The van der Waals surface area contributed by atoms with Crippen LogP contribution in [0.5, 0.6) is 5.75 Å². The molecule has 3 heteroatoms. The highest BCUT2D eigenvalue weighted by Crippen LogP contribution is 2.62. The number of rotatable bonds is 1. The van der Waals surface area contributed by atoms with Gasteiger partial charge in [-0.05, 0) is 72.8 Å². The number of hydrogen-bond donors (Lipinski definition) is 2. The Morgan fingerprint density at radius 2 is 2.17 bits per heavy atom. The van der Waals surface area contributed by atoms with Gasteiger partial charge < -0.3 is 10.2 Å². The predicted octanol–water partition coefficient (Wildman–Crippen LogP) is 3.80. The number of phenolic OH excluding ortho intramolecular Hbond substituents is 1. The highest BCUT2D eigenvalue weighted by Gasteiger charge is 2.59. The molecule has 120 valence electrons. The standard InChI is InChI=1S/C20H23NO2/c1-19-8-6-16-15-5-3-14(22)12-13(15)2-4-17(16)18(19)7-9-20(19,23)10-11-21/h3,5-6,12,17-18,22-23H,2,4,7-10H2,1H3. The maximum Gasteiger partial charge on any atom is 0.115 e. The SMILES string of the molecule is CC12CC=C3c4ccc(O)cc4CCC3C1CCC2(O)CC#N. The Hall–Kier alpha value is -1.79. The van der Waals surface area contributed by atoms with Crippen LogP contribution in [0.15, 0.2) is 24.3 Å². The van der Waals surface area contributed by atoms with Crippen molar-refractivity contribution in [3.8, 4) is 11.8 Å². The van der Waals surface area contributed by atoms with Gasteiger partial charge in [0, 0.05) is 5.41 Å². The summed E-state index contributed by atoms with van der Waals surface area (Å²) in [4.78, 5) is 0. The monoisotopic (exact) mass is 309 g/mol. The van der Waals surface area contributed by atoms with Gasteiger partial charge in [-0.3, -0.25) is 0 Å². The molecule has 0 heterocycles. The predicted molar refractivity (Wildman–Crippen MR) is 88.5 cm³/mol. The number of aliphatic hydroxyl groups is 1. The van der Waals surface area contributed by atoms with Crippen LogP contribution >= 0.6 is 0 Å². The summed E-state index contributed by atoms with van der Waals surface area (Å²) >= 11 is 0. The number of nitriles is 1. The summed E-state index contributed by atoms with van der Waals surface area (Å²) in [7, 11) is 0. The molecule has 0 radical (unpaired) electrons. The van der Waals surface area contributed by atoms with Gasteiger partial charge in [0.05, 0.1) is 18.1 Å². The summed E-state index contributed by atoms with van der Waals surface area (Å²) in [5, 5.41) is 29.9. The van der Waals surface area contributed by atoms with Gasteiger partial charge in [-0.25, -0.2) is 0 Å². The summed E-state index contributed by atoms with van der Waals surface area (Å²) in [6.45, 7) is 2.18. The smallest absolute Gasteiger partial charge is 0.115 e. The van der Waals surface area contributed by atoms with Crippen molar-refractivity contribution < 1.29 is 10.2 Å². The number of hydrogen-bond acceptors (Lipinski definition) is 3. The molecule has 0 aliphatic heterocycles. The van der Waals surface area contributed by atoms with E-state index in [1.165, 1.54) is 16.7 Å². The highest BCUT2D eigenvalue weighted by atomic mass is 16.3. The van der Waals surface area contributed by atoms with Crippen molar-refractivity contribution in [1.29, 1.82) is 5.26 Å². The summed E-state index contributed by atoms with van der Waals surface area (Å²) in [5.74, 6) is 1.26. The lowest BCUT2D eigenvalue weighted by atomic mass is 9.57. The third kappa shape index (κ3) is 1.91. The molecule has 4 unspecified atom stereocenters. The minimum atomic E-state index is -0.844. The summed E-state index contributed by atoms with van der Waals surface area (Å²) in [5.41, 5.74) is 2.88. The van der Waals surface area contributed by atoms with Gasteiger partial charge in [-0.15, -0.1) is 0 Å². The second-order valence-electron chi connectivity index (χ2n) is 7.78. The summed E-state index contributed by atoms with van der Waals surface area (Å²) < 4.78 is 0. The van der Waals surface area contributed by atoms with Gasteiger partial charge in [-0.1, -0.05) is 19.1 Å². The zero-order chi connectivity index (χ0) is 16.2. The lowest BCUT2D eigenvalue weighted by Gasteiger charge is -2.49. The topological polar surface area (TPSA) is 64.2 Å². The normalized spacial score (nSPS) is 38.0. The number of aromatic hydroxyl groups is 1. The Labute approximate surface area is 137 Å². The van der Waals surface area contributed by atoms with Crippen molar-refractivity contribution in [3.05, 3.63) is 35.4 Å². The van der Waals surface area contributed by atoms with Crippen LogP contribution in [0.1, 0.15) is 50.2 Å². The minimum Gasteiger partial charge on any atom is -0.508 e. The van der Waals surface area contributed by atoms with Crippen LogP contribution in [-0.2, 0) is 6.42 Å². The first kappa shape index (κ1) is 14.8. The highest BCUT2D eigenvalue weighted by molar-refractivity contribution is 5.73. The van der Waals surface area contributed by atoms with E-state index in [1.54, 1.807) is 6.07 Å². The lowest BCUT2D eigenvalue weighted by Crippen LogP contribution is -2.48. The van der Waals surface area contributed by atoms with Crippen molar-refractivity contribution in [2.45, 2.75) is 51.0 Å². The second-order valence-corrected chi connectivity index (χ2v) is 7.78. The molecule has 1 saturated carbocycles. The number of phenols is 1. The van der Waals surface area contributed by atoms with Crippen LogP contribution in [0, 0.1) is 28.6 Å². The molecular weight excluding hydrogens is 286 g/mol. The Balaban J connectivity index is 1.76. The first-order valence-electron chi connectivity index (χ1n) is 8.60. The summed E-state index contributed by atoms with van der Waals surface area (Å²) in [6, 6.07) is 7.91. The Morgan fingerprint density at radius 1 is 1.35 bits per heavy atom. The average molecular weight is 309 g/mol. The van der Waals surface area contributed by atoms with Gasteiger partial charge in [-0.2, -0.15) is 5.26 Å². The quantitative estimate of drug-likeness (QED) is 0.829. The molecule has 3 aliphatic carbocycles. The van der Waals surface area contributed by atoms with Gasteiger partial charge >= 0.3 is 0 Å². The van der Waals surface area contributed by atoms with E-state index in [9.17, 15) is 10.2 Å². The van der Waals surface area contributed by atoms with E-state index in [1.807, 2.05) is 12.1 Å². The first-order valence-corrected chi connectivity index (χ1v) is 8.60. The van der Waals surface area contributed by atoms with Gasteiger partial charge in [0.25, 0.3) is 0 Å². The number of nitrogens with zero attached hydrogens (tertiary/aromatic N) is 1. The van der Waals surface area contributed by atoms with Crippen molar-refractivity contribution in [2.75, 3.05) is 0 Å². The van der Waals surface area contributed by atoms with Gasteiger partial charge in [0.15, 0.2) is 0 Å². The van der Waals surface area contributed by atoms with E-state index >= 15 is 0 Å². The van der Waals surface area contributed by atoms with Crippen LogP contribution in [0.3, 0.4) is 0 Å². The molecule has 0 spiro atoms. The van der Waals surface area contributed by atoms with Crippen molar-refractivity contribution in [3.63, 3.8) is 0 Å². The molecule has 1 fully saturated rings. The molecule has 2 N–H and O–H groups in total. The molecular formula is C20H23NO2. The fourth-order valence-corrected chi connectivity index (χ4v) is 5.49. The number of allylic oxidation sites excluding steroid dienone is 2. The third-order valence-electron chi connectivity index (χ3n) is 6.88. The summed E-state index contributed by atoms with van der Waals surface area (Å²) in [6.07, 6.45) is 7.16. The maximum atomic E-state index is 11.1. The molecule has 3 nitrogen and oxygen atoms in total. The Kier molecular flexibility index (Phi) is 3.12. The van der Waals surface area contributed by atoms with Crippen LogP contribution < -0.4 is 0 Å². The van der Waals surface area contributed by atoms with Crippen LogP contribution in [0.4, 0.5) is 0 Å². The lowest BCUT2D eigenvalue weighted by molar-refractivity contribution is -0.0724. The van der Waals surface area contributed by atoms with Crippen molar-refractivity contribution in [2.24, 2.45) is 17.3 Å². The molecule has 1 aromatic carbocycles. The first-order chi connectivity index (χ1) is 11.0. The van der Waals surface area contributed by atoms with Gasteiger partial charge in [0.1, 0.15) is 5.75 Å². The van der Waals surface area contributed by atoms with Crippen LogP contribution in [0.25, 0.3) is 5.57 Å². The zero-order valence-electron chi connectivity index (χ0n) is 13.5. The molecule has 0 aromatic heterocycles. The molecule has 1 aromatic rings. The maximum absolute atomic E-state index is 11.1. The molecule has 0 saturated heterocycles. The average Bonchev–Trinajstić information content (AvgIpc) is 2.79. The van der Waals surface area contributed by atoms with Gasteiger partial charge in [0.2, 0.25) is 0 Å². The van der Waals surface area contributed by atoms with E-state index in [4.69, 9.17) is 5.26 Å². The van der Waals surface area contributed by atoms with E-state index in [-0.39, 0.29) is 11.8 Å². The van der Waals surface area contributed by atoms with E-state index in [2.05, 4.69) is 19.1 Å².